The highest BCUT2D eigenvalue weighted by atomic mass is 31.2. The molecule has 1 aliphatic rings. The Morgan fingerprint density at radius 3 is 1.60 bits per heavy atom. The second kappa shape index (κ2) is 7.23. The summed E-state index contributed by atoms with van der Waals surface area (Å²) < 4.78 is 0. The van der Waals surface area contributed by atoms with E-state index in [4.69, 9.17) is 0 Å². The predicted molar refractivity (Wildman–Crippen MR) is 74.0 cm³/mol. The van der Waals surface area contributed by atoms with Crippen LogP contribution in [0.15, 0.2) is 23.8 Å². The maximum atomic E-state index is 2.54. The largest absolute Gasteiger partial charge is 0.0677 e. The smallest absolute Gasteiger partial charge is 0.0654 e. The van der Waals surface area contributed by atoms with Gasteiger partial charge in [-0.15, -0.1) is 0 Å². The van der Waals surface area contributed by atoms with Gasteiger partial charge in [-0.05, 0) is 25.0 Å². The molecule has 0 radical (unpaired) electrons. The van der Waals surface area contributed by atoms with Crippen molar-refractivity contribution in [2.45, 2.75) is 52.4 Å². The molecule has 0 bridgehead atoms. The van der Waals surface area contributed by atoms with Gasteiger partial charge in [0.25, 0.3) is 0 Å². The van der Waals surface area contributed by atoms with Crippen LogP contribution in [0.1, 0.15) is 52.4 Å². The maximum absolute atomic E-state index is 2.54. The summed E-state index contributed by atoms with van der Waals surface area (Å²) in [7, 11) is -0.767. The third kappa shape index (κ3) is 4.51. The lowest BCUT2D eigenvalue weighted by molar-refractivity contribution is 0.761. The van der Waals surface area contributed by atoms with Gasteiger partial charge in [0.05, 0.1) is 31.2 Å². The fraction of sp³-hybridized carbons (Fsp3) is 0.714. The van der Waals surface area contributed by atoms with E-state index >= 15 is 0 Å². The van der Waals surface area contributed by atoms with Crippen LogP contribution in [0.25, 0.3) is 0 Å². The summed E-state index contributed by atoms with van der Waals surface area (Å²) in [5.74, 6) is 5.08. The molecule has 0 atom stereocenters. The van der Waals surface area contributed by atoms with Crippen LogP contribution in [-0.2, 0) is 0 Å². The summed E-state index contributed by atoms with van der Waals surface area (Å²) in [6.45, 7) is 4.59. The van der Waals surface area contributed by atoms with Crippen molar-refractivity contribution in [3.63, 3.8) is 0 Å². The van der Waals surface area contributed by atoms with E-state index in [-0.39, 0.29) is 0 Å². The van der Waals surface area contributed by atoms with Crippen LogP contribution in [-0.4, -0.2) is 12.3 Å². The molecule has 0 aromatic carbocycles. The normalized spacial score (nSPS) is 17.5. The average Bonchev–Trinajstić information content (AvgIpc) is 2.68. The summed E-state index contributed by atoms with van der Waals surface area (Å²) in [6.07, 6.45) is 15.9. The topological polar surface area (TPSA) is 0 Å². The zero-order valence-corrected chi connectivity index (χ0v) is 11.3. The van der Waals surface area contributed by atoms with Gasteiger partial charge >= 0.3 is 0 Å². The Labute approximate surface area is 96.2 Å². The molecule has 0 spiro atoms. The lowest BCUT2D eigenvalue weighted by Crippen LogP contribution is -1.98. The van der Waals surface area contributed by atoms with E-state index in [2.05, 4.69) is 37.6 Å². The second-order valence-corrected chi connectivity index (χ2v) is 8.34. The van der Waals surface area contributed by atoms with E-state index in [1.54, 1.807) is 0 Å². The number of hydrogen-bond acceptors (Lipinski definition) is 0. The van der Waals surface area contributed by atoms with Crippen LogP contribution in [0, 0.1) is 0 Å². The van der Waals surface area contributed by atoms with Gasteiger partial charge in [-0.3, -0.25) is 0 Å². The van der Waals surface area contributed by atoms with Gasteiger partial charge in [0.2, 0.25) is 0 Å². The van der Waals surface area contributed by atoms with Crippen LogP contribution in [0.4, 0.5) is 0 Å². The molecule has 86 valence electrons. The molecule has 0 amide bonds. The minimum atomic E-state index is -0.767. The van der Waals surface area contributed by atoms with Gasteiger partial charge < -0.3 is 0 Å². The summed E-state index contributed by atoms with van der Waals surface area (Å²) in [5, 5.41) is 0. The Morgan fingerprint density at radius 1 is 0.733 bits per heavy atom. The molecule has 15 heavy (non-hydrogen) atoms. The zero-order chi connectivity index (χ0) is 11.0. The minimum Gasteiger partial charge on any atom is -0.0654 e. The van der Waals surface area contributed by atoms with Crippen molar-refractivity contribution in [1.82, 2.24) is 0 Å². The van der Waals surface area contributed by atoms with Crippen molar-refractivity contribution in [2.24, 2.45) is 0 Å². The molecule has 0 aromatic rings. The summed E-state index contributed by atoms with van der Waals surface area (Å²) in [5.41, 5.74) is 0. The molecule has 1 rings (SSSR count). The summed E-state index contributed by atoms with van der Waals surface area (Å²) >= 11 is 0. The molecule has 0 fully saturated rings. The molecule has 0 nitrogen and oxygen atoms in total. The Morgan fingerprint density at radius 2 is 1.20 bits per heavy atom. The van der Waals surface area contributed by atoms with E-state index in [0.29, 0.717) is 0 Å². The van der Waals surface area contributed by atoms with Crippen LogP contribution in [0.5, 0.6) is 0 Å². The van der Waals surface area contributed by atoms with Crippen molar-refractivity contribution in [1.29, 1.82) is 0 Å². The van der Waals surface area contributed by atoms with Crippen molar-refractivity contribution in [3.8, 4) is 0 Å². The van der Waals surface area contributed by atoms with Gasteiger partial charge in [0.1, 0.15) is 0 Å². The average molecular weight is 225 g/mol. The molecule has 0 aliphatic carbocycles. The van der Waals surface area contributed by atoms with Gasteiger partial charge in [0, 0.05) is 0 Å². The van der Waals surface area contributed by atoms with Gasteiger partial charge in [-0.1, -0.05) is 39.5 Å². The highest BCUT2D eigenvalue weighted by molar-refractivity contribution is 7.81. The molecule has 0 N–H and O–H groups in total. The summed E-state index contributed by atoms with van der Waals surface area (Å²) in [6, 6.07) is 0. The molecule has 0 saturated heterocycles. The van der Waals surface area contributed by atoms with Crippen LogP contribution in [0.2, 0.25) is 0 Å². The van der Waals surface area contributed by atoms with Gasteiger partial charge in [-0.25, -0.2) is 0 Å². The molecule has 1 aliphatic heterocycles. The van der Waals surface area contributed by atoms with Gasteiger partial charge in [0.15, 0.2) is 0 Å². The lowest BCUT2D eigenvalue weighted by Gasteiger charge is -2.17. The molecular formula is C14H26P+. The Hall–Kier alpha value is -0.0900. The van der Waals surface area contributed by atoms with E-state index in [1.807, 2.05) is 0 Å². The summed E-state index contributed by atoms with van der Waals surface area (Å²) in [4.78, 5) is 0. The molecule has 0 saturated carbocycles. The van der Waals surface area contributed by atoms with Crippen molar-refractivity contribution < 1.29 is 0 Å². The predicted octanol–water partition coefficient (Wildman–Crippen LogP) is 5.43. The van der Waals surface area contributed by atoms with E-state index in [1.165, 1.54) is 50.8 Å². The fourth-order valence-corrected chi connectivity index (χ4v) is 5.64. The highest BCUT2D eigenvalue weighted by Crippen LogP contribution is 2.65. The molecule has 1 heteroatoms. The van der Waals surface area contributed by atoms with Crippen LogP contribution < -0.4 is 0 Å². The molecule has 1 heterocycles. The second-order valence-electron chi connectivity index (χ2n) is 4.65. The first-order chi connectivity index (χ1) is 7.33. The molecule has 0 unspecified atom stereocenters. The Balaban J connectivity index is 2.34. The standard InChI is InChI=1S/C14H26P/c1-3-5-7-11-15(12-8-6-4-2)13-9-10-14-15/h9-10,13-14H,3-8,11-12H2,1-2H3/q+1. The third-order valence-electron chi connectivity index (χ3n) is 3.23. The van der Waals surface area contributed by atoms with E-state index in [9.17, 15) is 0 Å². The first kappa shape index (κ1) is 13.0. The molecular weight excluding hydrogens is 199 g/mol. The number of rotatable bonds is 8. The number of unbranched alkanes of at least 4 members (excludes halogenated alkanes) is 4. The maximum Gasteiger partial charge on any atom is 0.0677 e. The van der Waals surface area contributed by atoms with E-state index < -0.39 is 7.26 Å². The number of hydrogen-bond donors (Lipinski definition) is 0. The monoisotopic (exact) mass is 225 g/mol. The van der Waals surface area contributed by atoms with Crippen LogP contribution in [0.3, 0.4) is 0 Å². The minimum absolute atomic E-state index is 0.767. The number of allylic oxidation sites excluding steroid dienone is 2. The quantitative estimate of drug-likeness (QED) is 0.382. The van der Waals surface area contributed by atoms with Crippen molar-refractivity contribution in [3.05, 3.63) is 23.8 Å². The first-order valence-corrected chi connectivity index (χ1v) is 8.86. The van der Waals surface area contributed by atoms with Crippen molar-refractivity contribution >= 4 is 7.26 Å². The van der Waals surface area contributed by atoms with Crippen molar-refractivity contribution in [2.75, 3.05) is 12.3 Å². The lowest BCUT2D eigenvalue weighted by atomic mass is 10.3. The Bertz CT molecular complexity index is 191. The molecule has 0 aromatic heterocycles. The van der Waals surface area contributed by atoms with E-state index in [0.717, 1.165) is 0 Å². The fourth-order valence-electron chi connectivity index (χ4n) is 2.21. The van der Waals surface area contributed by atoms with Crippen LogP contribution >= 0.6 is 7.26 Å². The third-order valence-corrected chi connectivity index (χ3v) is 7.06. The highest BCUT2D eigenvalue weighted by Gasteiger charge is 2.32. The zero-order valence-electron chi connectivity index (χ0n) is 10.4. The first-order valence-electron chi connectivity index (χ1n) is 6.56. The van der Waals surface area contributed by atoms with Gasteiger partial charge in [-0.2, -0.15) is 0 Å². The Kier molecular flexibility index (Phi) is 6.25. The SMILES string of the molecule is CCCCC[P+]1(CCCCC)C=CC=C1.